The molecule has 2 unspecified atom stereocenters. The molecule has 2 atom stereocenters. The first kappa shape index (κ1) is 16.3. The summed E-state index contributed by atoms with van der Waals surface area (Å²) in [4.78, 5) is 14.4. The van der Waals surface area contributed by atoms with Gasteiger partial charge >= 0.3 is 0 Å². The second-order valence-corrected chi connectivity index (χ2v) is 5.82. The largest absolute Gasteiger partial charge is 0.383 e. The van der Waals surface area contributed by atoms with Crippen LogP contribution < -0.4 is 16.2 Å². The van der Waals surface area contributed by atoms with Crippen molar-refractivity contribution in [1.82, 2.24) is 9.78 Å². The first-order valence-electron chi connectivity index (χ1n) is 7.33. The predicted octanol–water partition coefficient (Wildman–Crippen LogP) is 1.25. The van der Waals surface area contributed by atoms with Crippen LogP contribution >= 0.6 is 11.6 Å². The lowest BCUT2D eigenvalue weighted by Crippen LogP contribution is -2.49. The molecule has 2 N–H and O–H groups in total. The van der Waals surface area contributed by atoms with Gasteiger partial charge in [-0.2, -0.15) is 5.10 Å². The van der Waals surface area contributed by atoms with Crippen molar-refractivity contribution in [2.24, 2.45) is 5.73 Å². The van der Waals surface area contributed by atoms with Gasteiger partial charge in [0.2, 0.25) is 0 Å². The van der Waals surface area contributed by atoms with Crippen LogP contribution in [0.5, 0.6) is 0 Å². The standard InChI is InChI=1S/C14H23ClN4O2/c1-10-4-3-5-11(8-16)19(10)12-9-17-18(6-7-21-2)14(20)13(12)15/h9-11H,3-8,16H2,1-2H3. The number of nitrogens with two attached hydrogens (primary N) is 1. The van der Waals surface area contributed by atoms with Crippen LogP contribution in [0.1, 0.15) is 26.2 Å². The van der Waals surface area contributed by atoms with Crippen molar-refractivity contribution in [3.8, 4) is 0 Å². The van der Waals surface area contributed by atoms with Gasteiger partial charge in [0.15, 0.2) is 0 Å². The number of anilines is 1. The average Bonchev–Trinajstić information content (AvgIpc) is 2.49. The fraction of sp³-hybridized carbons (Fsp3) is 0.714. The van der Waals surface area contributed by atoms with Crippen LogP contribution in [-0.4, -0.2) is 42.1 Å². The van der Waals surface area contributed by atoms with Gasteiger partial charge in [0.25, 0.3) is 5.56 Å². The molecule has 21 heavy (non-hydrogen) atoms. The monoisotopic (exact) mass is 314 g/mol. The summed E-state index contributed by atoms with van der Waals surface area (Å²) >= 11 is 6.30. The van der Waals surface area contributed by atoms with Crippen molar-refractivity contribution in [3.05, 3.63) is 21.6 Å². The molecule has 7 heteroatoms. The molecule has 2 rings (SSSR count). The predicted molar refractivity (Wildman–Crippen MR) is 84.0 cm³/mol. The molecule has 0 spiro atoms. The summed E-state index contributed by atoms with van der Waals surface area (Å²) in [6.07, 6.45) is 4.91. The maximum absolute atomic E-state index is 12.3. The molecule has 0 amide bonds. The molecule has 1 aliphatic heterocycles. The van der Waals surface area contributed by atoms with Gasteiger partial charge in [-0.15, -0.1) is 0 Å². The Morgan fingerprint density at radius 2 is 2.29 bits per heavy atom. The summed E-state index contributed by atoms with van der Waals surface area (Å²) in [5, 5.41) is 4.43. The van der Waals surface area contributed by atoms with E-state index in [1.54, 1.807) is 13.3 Å². The first-order chi connectivity index (χ1) is 10.1. The van der Waals surface area contributed by atoms with Crippen LogP contribution in [0.4, 0.5) is 5.69 Å². The summed E-state index contributed by atoms with van der Waals surface area (Å²) in [7, 11) is 1.59. The molecule has 0 aromatic carbocycles. The Kier molecular flexibility index (Phi) is 5.61. The van der Waals surface area contributed by atoms with Crippen molar-refractivity contribution in [3.63, 3.8) is 0 Å². The average molecular weight is 315 g/mol. The topological polar surface area (TPSA) is 73.4 Å². The lowest BCUT2D eigenvalue weighted by Gasteiger charge is -2.42. The Hall–Kier alpha value is -1.11. The van der Waals surface area contributed by atoms with E-state index >= 15 is 0 Å². The first-order valence-corrected chi connectivity index (χ1v) is 7.71. The van der Waals surface area contributed by atoms with Crippen molar-refractivity contribution >= 4 is 17.3 Å². The summed E-state index contributed by atoms with van der Waals surface area (Å²) in [6.45, 7) is 3.50. The third-order valence-corrected chi connectivity index (χ3v) is 4.41. The van der Waals surface area contributed by atoms with Gasteiger partial charge in [-0.05, 0) is 26.2 Å². The Bertz CT molecular complexity index is 534. The molecule has 0 radical (unpaired) electrons. The second kappa shape index (κ2) is 7.24. The van der Waals surface area contributed by atoms with E-state index in [1.165, 1.54) is 4.68 Å². The number of hydrogen-bond acceptors (Lipinski definition) is 5. The van der Waals surface area contributed by atoms with Crippen LogP contribution in [0.2, 0.25) is 5.02 Å². The van der Waals surface area contributed by atoms with Gasteiger partial charge in [0, 0.05) is 25.7 Å². The zero-order valence-corrected chi connectivity index (χ0v) is 13.3. The fourth-order valence-corrected chi connectivity index (χ4v) is 3.17. The highest BCUT2D eigenvalue weighted by Crippen LogP contribution is 2.31. The number of halogens is 1. The summed E-state index contributed by atoms with van der Waals surface area (Å²) in [5.41, 5.74) is 6.29. The van der Waals surface area contributed by atoms with Crippen LogP contribution in [0.3, 0.4) is 0 Å². The molecule has 118 valence electrons. The highest BCUT2D eigenvalue weighted by Gasteiger charge is 2.29. The Labute approximate surface area is 129 Å². The van der Waals surface area contributed by atoms with E-state index in [1.807, 2.05) is 0 Å². The van der Waals surface area contributed by atoms with E-state index in [-0.39, 0.29) is 16.6 Å². The summed E-state index contributed by atoms with van der Waals surface area (Å²) < 4.78 is 6.30. The summed E-state index contributed by atoms with van der Waals surface area (Å²) in [5.74, 6) is 0. The van der Waals surface area contributed by atoms with Crippen molar-refractivity contribution in [2.45, 2.75) is 44.8 Å². The quantitative estimate of drug-likeness (QED) is 0.885. The number of hydrogen-bond donors (Lipinski definition) is 1. The highest BCUT2D eigenvalue weighted by atomic mass is 35.5. The molecule has 1 aromatic heterocycles. The Morgan fingerprint density at radius 3 is 2.95 bits per heavy atom. The molecular weight excluding hydrogens is 292 g/mol. The minimum atomic E-state index is -0.278. The second-order valence-electron chi connectivity index (χ2n) is 5.44. The van der Waals surface area contributed by atoms with Gasteiger partial charge in [-0.1, -0.05) is 11.6 Å². The Balaban J connectivity index is 2.34. The molecule has 1 fully saturated rings. The van der Waals surface area contributed by atoms with Gasteiger partial charge in [0.1, 0.15) is 5.02 Å². The smallest absolute Gasteiger partial charge is 0.287 e. The lowest BCUT2D eigenvalue weighted by molar-refractivity contribution is 0.182. The van der Waals surface area contributed by atoms with Gasteiger partial charge < -0.3 is 15.4 Å². The van der Waals surface area contributed by atoms with E-state index in [2.05, 4.69) is 16.9 Å². The Morgan fingerprint density at radius 1 is 1.52 bits per heavy atom. The molecule has 1 aromatic rings. The van der Waals surface area contributed by atoms with E-state index in [9.17, 15) is 4.79 Å². The molecule has 1 saturated heterocycles. The number of nitrogens with zero attached hydrogens (tertiary/aromatic N) is 3. The fourth-order valence-electron chi connectivity index (χ4n) is 2.93. The van der Waals surface area contributed by atoms with Crippen molar-refractivity contribution < 1.29 is 4.74 Å². The van der Waals surface area contributed by atoms with Crippen LogP contribution in [0, 0.1) is 0 Å². The maximum atomic E-state index is 12.3. The number of aromatic nitrogens is 2. The normalized spacial score (nSPS) is 22.6. The van der Waals surface area contributed by atoms with Gasteiger partial charge in [-0.25, -0.2) is 4.68 Å². The SMILES string of the molecule is COCCn1ncc(N2C(C)CCCC2CN)c(Cl)c1=O. The number of methoxy groups -OCH3 is 1. The van der Waals surface area contributed by atoms with Gasteiger partial charge in [-0.3, -0.25) is 4.79 Å². The van der Waals surface area contributed by atoms with Crippen molar-refractivity contribution in [2.75, 3.05) is 25.2 Å². The van der Waals surface area contributed by atoms with E-state index in [0.29, 0.717) is 31.4 Å². The van der Waals surface area contributed by atoms with E-state index in [0.717, 1.165) is 19.3 Å². The lowest BCUT2D eigenvalue weighted by atomic mass is 9.96. The number of piperidine rings is 1. The molecular formula is C14H23ClN4O2. The molecule has 0 aliphatic carbocycles. The zero-order chi connectivity index (χ0) is 15.4. The highest BCUT2D eigenvalue weighted by molar-refractivity contribution is 6.33. The zero-order valence-electron chi connectivity index (χ0n) is 12.6. The van der Waals surface area contributed by atoms with Crippen LogP contribution in [-0.2, 0) is 11.3 Å². The van der Waals surface area contributed by atoms with Gasteiger partial charge in [0.05, 0.1) is 25.0 Å². The van der Waals surface area contributed by atoms with E-state index < -0.39 is 0 Å². The molecule has 0 saturated carbocycles. The molecule has 6 nitrogen and oxygen atoms in total. The van der Waals surface area contributed by atoms with E-state index in [4.69, 9.17) is 22.1 Å². The van der Waals surface area contributed by atoms with Crippen LogP contribution in [0.25, 0.3) is 0 Å². The number of ether oxygens (including phenoxy) is 1. The molecule has 0 bridgehead atoms. The van der Waals surface area contributed by atoms with Crippen LogP contribution in [0.15, 0.2) is 11.0 Å². The third-order valence-electron chi connectivity index (χ3n) is 4.05. The van der Waals surface area contributed by atoms with Crippen molar-refractivity contribution in [1.29, 1.82) is 0 Å². The molecule has 2 heterocycles. The minimum absolute atomic E-state index is 0.210. The third kappa shape index (κ3) is 3.39. The summed E-state index contributed by atoms with van der Waals surface area (Å²) in [6, 6.07) is 0.517. The molecule has 1 aliphatic rings. The maximum Gasteiger partial charge on any atom is 0.287 e. The number of rotatable bonds is 5. The minimum Gasteiger partial charge on any atom is -0.383 e.